The highest BCUT2D eigenvalue weighted by Crippen LogP contribution is 2.31. The largest absolute Gasteiger partial charge is 0.493 e. The molecule has 11 nitrogen and oxygen atoms in total. The maximum Gasteiger partial charge on any atom is 0.343 e. The van der Waals surface area contributed by atoms with Gasteiger partial charge in [-0.05, 0) is 24.1 Å². The van der Waals surface area contributed by atoms with Crippen molar-refractivity contribution in [3.8, 4) is 11.5 Å². The highest BCUT2D eigenvalue weighted by molar-refractivity contribution is 6.44. The van der Waals surface area contributed by atoms with Crippen molar-refractivity contribution in [1.29, 1.82) is 0 Å². The van der Waals surface area contributed by atoms with E-state index in [0.717, 1.165) is 0 Å². The average molecular weight is 629 g/mol. The molecule has 1 aliphatic rings. The second-order valence-electron chi connectivity index (χ2n) is 11.3. The number of esters is 2. The van der Waals surface area contributed by atoms with Crippen LogP contribution in [-0.2, 0) is 41.7 Å². The lowest BCUT2D eigenvalue weighted by molar-refractivity contribution is -0.163. The van der Waals surface area contributed by atoms with Crippen LogP contribution in [0.1, 0.15) is 48.8 Å². The van der Waals surface area contributed by atoms with Crippen LogP contribution in [0.2, 0.25) is 0 Å². The summed E-state index contributed by atoms with van der Waals surface area (Å²) < 4.78 is 16.7. The molecule has 1 aromatic heterocycles. The number of ketones is 4. The quantitative estimate of drug-likeness (QED) is 0.259. The van der Waals surface area contributed by atoms with E-state index in [-0.39, 0.29) is 35.7 Å². The number of benzene rings is 2. The summed E-state index contributed by atoms with van der Waals surface area (Å²) in [6, 6.07) is 17.2. The van der Waals surface area contributed by atoms with Gasteiger partial charge in [0.25, 0.3) is 0 Å². The van der Waals surface area contributed by atoms with E-state index in [1.807, 2.05) is 0 Å². The van der Waals surface area contributed by atoms with Gasteiger partial charge in [-0.25, -0.2) is 4.79 Å². The predicted molar refractivity (Wildman–Crippen MR) is 165 cm³/mol. The Balaban J connectivity index is 1.63. The number of aromatic nitrogens is 1. The van der Waals surface area contributed by atoms with Gasteiger partial charge in [-0.15, -0.1) is 0 Å². The smallest absolute Gasteiger partial charge is 0.343 e. The van der Waals surface area contributed by atoms with Gasteiger partial charge in [0.05, 0.1) is 36.5 Å². The molecule has 46 heavy (non-hydrogen) atoms. The number of Topliss-reactive ketones (excluding diaryl/α,β-unsaturated/α-hetero) is 4. The number of methoxy groups -OCH3 is 1. The molecule has 11 heteroatoms. The van der Waals surface area contributed by atoms with Crippen LogP contribution in [0.4, 0.5) is 0 Å². The molecule has 1 fully saturated rings. The Morgan fingerprint density at radius 2 is 1.57 bits per heavy atom. The van der Waals surface area contributed by atoms with Crippen LogP contribution in [0.15, 0.2) is 72.9 Å². The van der Waals surface area contributed by atoms with Crippen molar-refractivity contribution in [2.24, 2.45) is 17.8 Å². The number of ether oxygens (including phenoxy) is 3. The second kappa shape index (κ2) is 15.3. The molecule has 0 bridgehead atoms. The lowest BCUT2D eigenvalue weighted by Crippen LogP contribution is -2.46. The Hall–Kier alpha value is -5.03. The number of hydrogen-bond donors (Lipinski definition) is 1. The van der Waals surface area contributed by atoms with Crippen molar-refractivity contribution < 1.29 is 43.0 Å². The van der Waals surface area contributed by atoms with Crippen molar-refractivity contribution in [2.75, 3.05) is 7.11 Å². The third kappa shape index (κ3) is 7.97. The zero-order chi connectivity index (χ0) is 33.4. The van der Waals surface area contributed by atoms with Gasteiger partial charge in [0.1, 0.15) is 11.8 Å². The average Bonchev–Trinajstić information content (AvgIpc) is 3.09. The maximum atomic E-state index is 13.7. The number of hydrogen-bond acceptors (Lipinski definition) is 11. The van der Waals surface area contributed by atoms with Crippen molar-refractivity contribution in [1.82, 2.24) is 10.3 Å². The monoisotopic (exact) mass is 628 g/mol. The van der Waals surface area contributed by atoms with Gasteiger partial charge in [-0.3, -0.25) is 29.0 Å². The lowest BCUT2D eigenvalue weighted by Gasteiger charge is -2.29. The summed E-state index contributed by atoms with van der Waals surface area (Å²) in [6.45, 7) is 4.40. The summed E-state index contributed by atoms with van der Waals surface area (Å²) in [7, 11) is 1.38. The molecule has 240 valence electrons. The Labute approximate surface area is 266 Å². The minimum absolute atomic E-state index is 0.0208. The van der Waals surface area contributed by atoms with Crippen LogP contribution in [0, 0.1) is 17.8 Å². The van der Waals surface area contributed by atoms with E-state index >= 15 is 0 Å². The summed E-state index contributed by atoms with van der Waals surface area (Å²) >= 11 is 0. The van der Waals surface area contributed by atoms with Crippen LogP contribution in [-0.4, -0.2) is 59.3 Å². The van der Waals surface area contributed by atoms with Gasteiger partial charge < -0.3 is 19.5 Å². The zero-order valence-corrected chi connectivity index (χ0v) is 26.1. The van der Waals surface area contributed by atoms with E-state index in [2.05, 4.69) is 10.3 Å². The SMILES string of the molecule is COc1ccnc(CN[C@H]2CC(=O)C(=O)[C@H](Cc3ccccc3)[C@H](OC(=O)C(C)C)[C@H](C)C(=O)C2=O)c1OC(=O)c1ccccc1. The summed E-state index contributed by atoms with van der Waals surface area (Å²) in [5, 5.41) is 2.87. The van der Waals surface area contributed by atoms with Gasteiger partial charge in [0.2, 0.25) is 23.1 Å². The Morgan fingerprint density at radius 3 is 2.20 bits per heavy atom. The Bertz CT molecular complexity index is 1600. The minimum atomic E-state index is -1.41. The van der Waals surface area contributed by atoms with Crippen molar-refractivity contribution in [3.05, 3.63) is 89.7 Å². The molecule has 1 N–H and O–H groups in total. The fourth-order valence-corrected chi connectivity index (χ4v) is 5.14. The molecular weight excluding hydrogens is 592 g/mol. The second-order valence-corrected chi connectivity index (χ2v) is 11.3. The molecule has 1 saturated carbocycles. The lowest BCUT2D eigenvalue weighted by atomic mass is 9.81. The van der Waals surface area contributed by atoms with Gasteiger partial charge >= 0.3 is 11.9 Å². The van der Waals surface area contributed by atoms with E-state index in [1.165, 1.54) is 26.3 Å². The van der Waals surface area contributed by atoms with Crippen molar-refractivity contribution in [2.45, 2.75) is 52.3 Å². The Kier molecular flexibility index (Phi) is 11.3. The van der Waals surface area contributed by atoms with Gasteiger partial charge in [0.15, 0.2) is 11.5 Å². The zero-order valence-electron chi connectivity index (χ0n) is 26.1. The molecular formula is C35H36N2O9. The molecule has 0 aliphatic heterocycles. The molecule has 0 spiro atoms. The fraction of sp³-hybridized carbons (Fsp3) is 0.343. The maximum absolute atomic E-state index is 13.7. The van der Waals surface area contributed by atoms with E-state index in [4.69, 9.17) is 14.2 Å². The molecule has 4 atom stereocenters. The van der Waals surface area contributed by atoms with Crippen molar-refractivity contribution >= 4 is 35.1 Å². The molecule has 4 rings (SSSR count). The normalized spacial score (nSPS) is 20.5. The molecule has 1 heterocycles. The number of carbonyl (C=O) groups is 6. The minimum Gasteiger partial charge on any atom is -0.493 e. The topological polar surface area (TPSA) is 155 Å². The third-order valence-corrected chi connectivity index (χ3v) is 7.77. The predicted octanol–water partition coefficient (Wildman–Crippen LogP) is 3.51. The van der Waals surface area contributed by atoms with Gasteiger partial charge in [-0.1, -0.05) is 69.3 Å². The molecule has 0 amide bonds. The highest BCUT2D eigenvalue weighted by Gasteiger charge is 2.46. The van der Waals surface area contributed by atoms with E-state index in [0.29, 0.717) is 5.56 Å². The van der Waals surface area contributed by atoms with E-state index < -0.39 is 71.4 Å². The van der Waals surface area contributed by atoms with Crippen LogP contribution in [0.5, 0.6) is 11.5 Å². The molecule has 1 aliphatic carbocycles. The first-order chi connectivity index (χ1) is 22.0. The van der Waals surface area contributed by atoms with Crippen LogP contribution < -0.4 is 14.8 Å². The van der Waals surface area contributed by atoms with Gasteiger partial charge in [0, 0.05) is 25.2 Å². The first kappa shape index (κ1) is 33.9. The van der Waals surface area contributed by atoms with Crippen molar-refractivity contribution in [3.63, 3.8) is 0 Å². The fourth-order valence-electron chi connectivity index (χ4n) is 5.14. The summed E-state index contributed by atoms with van der Waals surface area (Å²) in [5.41, 5.74) is 1.13. The van der Waals surface area contributed by atoms with Crippen LogP contribution in [0.25, 0.3) is 0 Å². The number of nitrogens with zero attached hydrogens (tertiary/aromatic N) is 1. The Morgan fingerprint density at radius 1 is 0.913 bits per heavy atom. The molecule has 0 saturated heterocycles. The number of nitrogens with one attached hydrogen (secondary N) is 1. The first-order valence-corrected chi connectivity index (χ1v) is 14.9. The molecule has 2 aromatic carbocycles. The standard InChI is InChI=1S/C35H36N2O9/c1-20(2)34(42)45-32-21(3)29(39)31(41)25(18-27(38)30(40)24(32)17-22-11-7-5-8-12-22)37-19-26-33(28(44-4)15-16-36-26)46-35(43)23-13-9-6-10-14-23/h5-16,20-21,24-25,32,37H,17-19H2,1-4H3/t21-,24+,25+,32-/m1/s1. The summed E-state index contributed by atoms with van der Waals surface area (Å²) in [6.07, 6.45) is -0.527. The molecule has 3 aromatic rings. The summed E-state index contributed by atoms with van der Waals surface area (Å²) in [5.74, 6) is -7.75. The van der Waals surface area contributed by atoms with E-state index in [1.54, 1.807) is 74.5 Å². The molecule has 0 unspecified atom stereocenters. The summed E-state index contributed by atoms with van der Waals surface area (Å²) in [4.78, 5) is 84.2. The van der Waals surface area contributed by atoms with E-state index in [9.17, 15) is 28.8 Å². The van der Waals surface area contributed by atoms with Crippen LogP contribution in [0.3, 0.4) is 0 Å². The number of rotatable bonds is 10. The molecule has 0 radical (unpaired) electrons. The number of carbonyl (C=O) groups excluding carboxylic acids is 6. The first-order valence-electron chi connectivity index (χ1n) is 14.9. The van der Waals surface area contributed by atoms with Crippen LogP contribution >= 0.6 is 0 Å². The third-order valence-electron chi connectivity index (χ3n) is 7.77. The highest BCUT2D eigenvalue weighted by atomic mass is 16.6. The number of pyridine rings is 1. The van der Waals surface area contributed by atoms with Gasteiger partial charge in [-0.2, -0.15) is 0 Å².